The van der Waals surface area contributed by atoms with Gasteiger partial charge in [0.05, 0.1) is 30.6 Å². The van der Waals surface area contributed by atoms with E-state index in [0.717, 1.165) is 29.1 Å². The molecule has 13 nitrogen and oxygen atoms in total. The highest BCUT2D eigenvalue weighted by Gasteiger charge is 2.32. The number of anilines is 2. The smallest absolute Gasteiger partial charge is 0.270 e. The molecule has 0 saturated heterocycles. The van der Waals surface area contributed by atoms with Crippen molar-refractivity contribution in [3.05, 3.63) is 57.8 Å². The first-order valence-corrected chi connectivity index (χ1v) is 14.7. The molecule has 206 valence electrons. The van der Waals surface area contributed by atoms with E-state index in [2.05, 4.69) is 52.2 Å². The van der Waals surface area contributed by atoms with Crippen LogP contribution < -0.4 is 20.7 Å². The van der Waals surface area contributed by atoms with E-state index in [-0.39, 0.29) is 48.6 Å². The fourth-order valence-electron chi connectivity index (χ4n) is 3.99. The van der Waals surface area contributed by atoms with Crippen LogP contribution in [0.3, 0.4) is 0 Å². The van der Waals surface area contributed by atoms with E-state index in [1.807, 2.05) is 12.1 Å². The highest BCUT2D eigenvalue weighted by atomic mass is 79.9. The second kappa shape index (κ2) is 11.9. The van der Waals surface area contributed by atoms with Crippen LogP contribution in [0.25, 0.3) is 0 Å². The zero-order valence-corrected chi connectivity index (χ0v) is 23.7. The molecule has 1 aliphatic rings. The quantitative estimate of drug-likeness (QED) is 0.183. The second-order valence-corrected chi connectivity index (χ2v) is 11.8. The number of hydrogen-bond acceptors (Lipinski definition) is 9. The highest BCUT2D eigenvalue weighted by Crippen LogP contribution is 2.46. The van der Waals surface area contributed by atoms with Gasteiger partial charge in [0, 0.05) is 29.3 Å². The lowest BCUT2D eigenvalue weighted by atomic mass is 9.98. The number of nitrogens with two attached hydrogens (primary N) is 1. The molecular weight excluding hydrogens is 590 g/mol. The molecule has 3 aromatic rings. The standard InChI is InChI=1S/C24H28BrN9O4S/c1-27-24(36)23(29-16-7-5-15(25)6-8-16)18-11-17(14-3-4-14)20(12-19(18)26)34(39(2,37)38)10-9-28-22(35)13-21-30-32-33-31-21/h5-8,11-12,14H,3-4,9-10,13,26H2,1-2H3,(H,27,36)(H,28,35)(H,30,31,32,33). The lowest BCUT2D eigenvalue weighted by molar-refractivity contribution is -0.120. The van der Waals surface area contributed by atoms with E-state index in [4.69, 9.17) is 5.73 Å². The first-order valence-electron chi connectivity index (χ1n) is 12.0. The predicted molar refractivity (Wildman–Crippen MR) is 150 cm³/mol. The number of aromatic amines is 1. The zero-order valence-electron chi connectivity index (χ0n) is 21.3. The molecule has 1 heterocycles. The number of H-pyrrole nitrogens is 1. The minimum absolute atomic E-state index is 0.0232. The summed E-state index contributed by atoms with van der Waals surface area (Å²) in [6.45, 7) is 0.0225. The number of rotatable bonds is 11. The number of amides is 2. The molecule has 0 aliphatic heterocycles. The summed E-state index contributed by atoms with van der Waals surface area (Å²) >= 11 is 3.39. The van der Waals surface area contributed by atoms with E-state index in [9.17, 15) is 18.0 Å². The number of carbonyl (C=O) groups excluding carboxylic acids is 2. The van der Waals surface area contributed by atoms with E-state index >= 15 is 0 Å². The van der Waals surface area contributed by atoms with Crippen molar-refractivity contribution in [2.75, 3.05) is 36.4 Å². The summed E-state index contributed by atoms with van der Waals surface area (Å²) in [7, 11) is -2.24. The minimum atomic E-state index is -3.74. The lowest BCUT2D eigenvalue weighted by Crippen LogP contribution is -2.39. The van der Waals surface area contributed by atoms with Crippen molar-refractivity contribution in [2.45, 2.75) is 25.2 Å². The van der Waals surface area contributed by atoms with Gasteiger partial charge in [-0.3, -0.25) is 13.9 Å². The molecule has 15 heteroatoms. The summed E-state index contributed by atoms with van der Waals surface area (Å²) in [4.78, 5) is 29.6. The van der Waals surface area contributed by atoms with Gasteiger partial charge in [-0.1, -0.05) is 21.1 Å². The number of sulfonamides is 1. The number of likely N-dealkylation sites (N-methyl/N-ethyl adjacent to an activating group) is 1. The van der Waals surface area contributed by atoms with Crippen LogP contribution in [0.2, 0.25) is 0 Å². The normalized spacial score (nSPS) is 13.7. The predicted octanol–water partition coefficient (Wildman–Crippen LogP) is 1.41. The summed E-state index contributed by atoms with van der Waals surface area (Å²) in [6, 6.07) is 10.5. The average Bonchev–Trinajstić information content (AvgIpc) is 3.61. The summed E-state index contributed by atoms with van der Waals surface area (Å²) in [5.41, 5.74) is 8.87. The van der Waals surface area contributed by atoms with Gasteiger partial charge in [0.1, 0.15) is 5.71 Å². The molecular formula is C24H28BrN9O4S. The van der Waals surface area contributed by atoms with Crippen molar-refractivity contribution in [1.82, 2.24) is 31.3 Å². The topological polar surface area (TPSA) is 188 Å². The fraction of sp³-hybridized carbons (Fsp3) is 0.333. The SMILES string of the molecule is CNC(=O)C(=Nc1ccc(Br)cc1)c1cc(C2CC2)c(N(CCNC(=O)Cc2nn[nH]n2)S(C)(=O)=O)cc1N. The molecule has 0 atom stereocenters. The Morgan fingerprint density at radius 1 is 1.23 bits per heavy atom. The Hall–Kier alpha value is -3.85. The van der Waals surface area contributed by atoms with Gasteiger partial charge in [0.25, 0.3) is 5.91 Å². The van der Waals surface area contributed by atoms with Gasteiger partial charge in [-0.2, -0.15) is 5.21 Å². The summed E-state index contributed by atoms with van der Waals surface area (Å²) in [6.07, 6.45) is 2.74. The second-order valence-electron chi connectivity index (χ2n) is 8.98. The number of tetrazole rings is 1. The minimum Gasteiger partial charge on any atom is -0.398 e. The Kier molecular flexibility index (Phi) is 8.60. The number of benzene rings is 2. The summed E-state index contributed by atoms with van der Waals surface area (Å²) in [5, 5.41) is 18.4. The van der Waals surface area contributed by atoms with Gasteiger partial charge in [0.15, 0.2) is 5.82 Å². The van der Waals surface area contributed by atoms with Crippen LogP contribution in [-0.4, -0.2) is 73.0 Å². The highest BCUT2D eigenvalue weighted by molar-refractivity contribution is 9.10. The molecule has 2 amide bonds. The van der Waals surface area contributed by atoms with Crippen LogP contribution in [0.1, 0.15) is 35.7 Å². The van der Waals surface area contributed by atoms with E-state index in [1.165, 1.54) is 11.4 Å². The van der Waals surface area contributed by atoms with Crippen molar-refractivity contribution in [3.8, 4) is 0 Å². The van der Waals surface area contributed by atoms with E-state index < -0.39 is 15.9 Å². The van der Waals surface area contributed by atoms with E-state index in [1.54, 1.807) is 24.3 Å². The Balaban J connectivity index is 1.66. The molecule has 1 fully saturated rings. The van der Waals surface area contributed by atoms with Crippen LogP contribution in [0.15, 0.2) is 45.9 Å². The molecule has 1 aliphatic carbocycles. The molecule has 1 saturated carbocycles. The lowest BCUT2D eigenvalue weighted by Gasteiger charge is -2.26. The number of hydrogen-bond donors (Lipinski definition) is 4. The number of nitrogens with zero attached hydrogens (tertiary/aromatic N) is 5. The molecule has 5 N–H and O–H groups in total. The number of halogens is 1. The number of carbonyl (C=O) groups is 2. The molecule has 2 aromatic carbocycles. The number of aromatic nitrogens is 4. The molecule has 0 radical (unpaired) electrons. The Morgan fingerprint density at radius 3 is 2.54 bits per heavy atom. The average molecular weight is 619 g/mol. The Labute approximate surface area is 233 Å². The van der Waals surface area contributed by atoms with Crippen molar-refractivity contribution in [1.29, 1.82) is 0 Å². The molecule has 1 aromatic heterocycles. The van der Waals surface area contributed by atoms with Crippen LogP contribution in [-0.2, 0) is 26.0 Å². The fourth-order valence-corrected chi connectivity index (χ4v) is 5.19. The third-order valence-corrected chi connectivity index (χ3v) is 7.70. The maximum absolute atomic E-state index is 12.9. The van der Waals surface area contributed by atoms with Gasteiger partial charge in [-0.05, 0) is 60.7 Å². The van der Waals surface area contributed by atoms with Gasteiger partial charge in [-0.25, -0.2) is 13.4 Å². The third-order valence-electron chi connectivity index (χ3n) is 5.99. The van der Waals surface area contributed by atoms with Gasteiger partial charge < -0.3 is 16.4 Å². The van der Waals surface area contributed by atoms with Crippen molar-refractivity contribution in [2.24, 2.45) is 4.99 Å². The Morgan fingerprint density at radius 2 is 1.95 bits per heavy atom. The Bertz CT molecular complexity index is 1490. The van der Waals surface area contributed by atoms with Crippen molar-refractivity contribution < 1.29 is 18.0 Å². The zero-order chi connectivity index (χ0) is 28.2. The maximum atomic E-state index is 12.9. The summed E-state index contributed by atoms with van der Waals surface area (Å²) < 4.78 is 27.8. The van der Waals surface area contributed by atoms with Crippen molar-refractivity contribution >= 4 is 60.5 Å². The van der Waals surface area contributed by atoms with Crippen LogP contribution >= 0.6 is 15.9 Å². The monoisotopic (exact) mass is 617 g/mol. The van der Waals surface area contributed by atoms with Crippen LogP contribution in [0, 0.1) is 0 Å². The molecule has 0 unspecified atom stereocenters. The first-order chi connectivity index (χ1) is 18.6. The van der Waals surface area contributed by atoms with Crippen molar-refractivity contribution in [3.63, 3.8) is 0 Å². The van der Waals surface area contributed by atoms with Gasteiger partial charge >= 0.3 is 0 Å². The van der Waals surface area contributed by atoms with Gasteiger partial charge in [-0.15, -0.1) is 10.2 Å². The molecule has 0 bridgehead atoms. The van der Waals surface area contributed by atoms with Gasteiger partial charge in [0.2, 0.25) is 15.9 Å². The number of nitrogen functional groups attached to an aromatic ring is 1. The molecule has 39 heavy (non-hydrogen) atoms. The van der Waals surface area contributed by atoms with E-state index in [0.29, 0.717) is 16.9 Å². The van der Waals surface area contributed by atoms with Crippen LogP contribution in [0.4, 0.5) is 17.1 Å². The molecule has 4 rings (SSSR count). The van der Waals surface area contributed by atoms with Crippen LogP contribution in [0.5, 0.6) is 0 Å². The third kappa shape index (κ3) is 7.17. The largest absolute Gasteiger partial charge is 0.398 e. The number of nitrogens with one attached hydrogen (secondary N) is 3. The summed E-state index contributed by atoms with van der Waals surface area (Å²) in [5.74, 6) is -0.469. The maximum Gasteiger partial charge on any atom is 0.270 e. The molecule has 0 spiro atoms. The first kappa shape index (κ1) is 28.2. The number of aliphatic imine (C=N–C) groups is 1.